The first-order chi connectivity index (χ1) is 14.8. The van der Waals surface area contributed by atoms with Crippen LogP contribution < -0.4 is 0 Å². The minimum absolute atomic E-state index is 0.621. The Morgan fingerprint density at radius 2 is 1.17 bits per heavy atom. The monoisotopic (exact) mass is 380 g/mol. The molecule has 0 aliphatic rings. The van der Waals surface area contributed by atoms with Crippen LogP contribution in [-0.4, -0.2) is 4.98 Å². The molecule has 5 aromatic carbocycles. The van der Waals surface area contributed by atoms with Gasteiger partial charge in [-0.1, -0.05) is 66.7 Å². The van der Waals surface area contributed by atoms with E-state index in [0.717, 1.165) is 11.3 Å². The summed E-state index contributed by atoms with van der Waals surface area (Å²) in [7, 11) is 0. The third-order valence-corrected chi connectivity index (χ3v) is 5.87. The molecule has 0 saturated carbocycles. The van der Waals surface area contributed by atoms with Gasteiger partial charge in [-0.25, -0.2) is 0 Å². The quantitative estimate of drug-likeness (QED) is 0.298. The third kappa shape index (κ3) is 2.53. The van der Waals surface area contributed by atoms with E-state index in [1.807, 2.05) is 6.07 Å². The molecule has 0 bridgehead atoms. The number of benzene rings is 5. The van der Waals surface area contributed by atoms with Crippen LogP contribution >= 0.6 is 0 Å². The molecule has 0 aliphatic heterocycles. The summed E-state index contributed by atoms with van der Waals surface area (Å²) in [5.41, 5.74) is 4.81. The number of nitrogens with zero attached hydrogens (tertiary/aromatic N) is 2. The van der Waals surface area contributed by atoms with Gasteiger partial charge in [-0.05, 0) is 67.7 Å². The van der Waals surface area contributed by atoms with Crippen molar-refractivity contribution in [1.82, 2.24) is 4.98 Å². The maximum absolute atomic E-state index is 9.12. The highest BCUT2D eigenvalue weighted by Crippen LogP contribution is 2.37. The van der Waals surface area contributed by atoms with E-state index in [-0.39, 0.29) is 0 Å². The van der Waals surface area contributed by atoms with E-state index in [4.69, 9.17) is 5.26 Å². The summed E-state index contributed by atoms with van der Waals surface area (Å²) in [5, 5.41) is 16.9. The third-order valence-electron chi connectivity index (χ3n) is 5.87. The van der Waals surface area contributed by atoms with Crippen LogP contribution in [0.1, 0.15) is 5.56 Å². The van der Waals surface area contributed by atoms with E-state index in [1.54, 1.807) is 12.3 Å². The predicted molar refractivity (Wildman–Crippen MR) is 124 cm³/mol. The van der Waals surface area contributed by atoms with Gasteiger partial charge in [0, 0.05) is 11.8 Å². The van der Waals surface area contributed by atoms with Gasteiger partial charge in [-0.2, -0.15) is 5.26 Å². The van der Waals surface area contributed by atoms with Gasteiger partial charge >= 0.3 is 0 Å². The van der Waals surface area contributed by atoms with Crippen molar-refractivity contribution in [2.45, 2.75) is 0 Å². The average molecular weight is 380 g/mol. The number of rotatable bonds is 2. The molecule has 0 spiro atoms. The molecule has 1 heterocycles. The Bertz CT molecular complexity index is 1520. The van der Waals surface area contributed by atoms with Gasteiger partial charge in [0.2, 0.25) is 0 Å². The zero-order valence-corrected chi connectivity index (χ0v) is 16.1. The second-order valence-electron chi connectivity index (χ2n) is 7.63. The Hall–Kier alpha value is -4.22. The molecular weight excluding hydrogens is 364 g/mol. The first kappa shape index (κ1) is 16.7. The molecule has 0 unspecified atom stereocenters. The Morgan fingerprint density at radius 3 is 1.83 bits per heavy atom. The lowest BCUT2D eigenvalue weighted by Gasteiger charge is -2.13. The molecular formula is C28H16N2. The SMILES string of the molecule is N#Cc1ccnc(-c2ccc(-c3cc4ccc5cccc6ccc(c3)c4c56)cc2)c1. The van der Waals surface area contributed by atoms with E-state index >= 15 is 0 Å². The summed E-state index contributed by atoms with van der Waals surface area (Å²) in [6.45, 7) is 0. The van der Waals surface area contributed by atoms with Crippen LogP contribution in [0, 0.1) is 11.3 Å². The number of pyridine rings is 1. The van der Waals surface area contributed by atoms with Crippen LogP contribution in [0.4, 0.5) is 0 Å². The minimum Gasteiger partial charge on any atom is -0.256 e. The van der Waals surface area contributed by atoms with E-state index in [0.29, 0.717) is 5.56 Å². The normalized spacial score (nSPS) is 11.3. The van der Waals surface area contributed by atoms with Crippen molar-refractivity contribution in [3.63, 3.8) is 0 Å². The predicted octanol–water partition coefficient (Wildman–Crippen LogP) is 7.18. The molecule has 1 aromatic heterocycles. The average Bonchev–Trinajstić information content (AvgIpc) is 2.82. The fourth-order valence-electron chi connectivity index (χ4n) is 4.41. The van der Waals surface area contributed by atoms with Crippen molar-refractivity contribution in [3.05, 3.63) is 103 Å². The van der Waals surface area contributed by atoms with E-state index in [1.165, 1.54) is 43.4 Å². The maximum atomic E-state index is 9.12. The summed E-state index contributed by atoms with van der Waals surface area (Å²) in [5.74, 6) is 0. The molecule has 6 aromatic rings. The molecule has 0 saturated heterocycles. The zero-order chi connectivity index (χ0) is 20.1. The van der Waals surface area contributed by atoms with Gasteiger partial charge in [-0.3, -0.25) is 4.98 Å². The summed E-state index contributed by atoms with van der Waals surface area (Å²) >= 11 is 0. The van der Waals surface area contributed by atoms with E-state index < -0.39 is 0 Å². The van der Waals surface area contributed by atoms with E-state index in [9.17, 15) is 0 Å². The number of hydrogen-bond donors (Lipinski definition) is 0. The molecule has 0 aliphatic carbocycles. The molecule has 138 valence electrons. The molecule has 2 nitrogen and oxygen atoms in total. The van der Waals surface area contributed by atoms with E-state index in [2.05, 4.69) is 89.9 Å². The standard InChI is InChI=1S/C28H16N2/c29-17-18-12-13-30-26(14-18)20-6-4-19(5-7-20)25-15-23-10-8-21-2-1-3-22-9-11-24(16-25)28(23)27(21)22/h1-16H. The first-order valence-electron chi connectivity index (χ1n) is 9.95. The zero-order valence-electron chi connectivity index (χ0n) is 16.1. The van der Waals surface area contributed by atoms with Crippen molar-refractivity contribution < 1.29 is 0 Å². The Morgan fingerprint density at radius 1 is 0.567 bits per heavy atom. The second-order valence-corrected chi connectivity index (χ2v) is 7.63. The van der Waals surface area contributed by atoms with Crippen molar-refractivity contribution in [2.75, 3.05) is 0 Å². The van der Waals surface area contributed by atoms with Crippen LogP contribution in [0.3, 0.4) is 0 Å². The van der Waals surface area contributed by atoms with Crippen molar-refractivity contribution in [3.8, 4) is 28.5 Å². The Labute approximate surface area is 174 Å². The van der Waals surface area contributed by atoms with Crippen molar-refractivity contribution in [2.24, 2.45) is 0 Å². The Balaban J connectivity index is 1.48. The van der Waals surface area contributed by atoms with Gasteiger partial charge in [-0.15, -0.1) is 0 Å². The lowest BCUT2D eigenvalue weighted by atomic mass is 9.91. The van der Waals surface area contributed by atoms with Crippen LogP contribution in [0.25, 0.3) is 54.7 Å². The number of hydrogen-bond acceptors (Lipinski definition) is 2. The van der Waals surface area contributed by atoms with Crippen molar-refractivity contribution in [1.29, 1.82) is 5.26 Å². The molecule has 6 rings (SSSR count). The number of nitriles is 1. The Kier molecular flexibility index (Phi) is 3.57. The van der Waals surface area contributed by atoms with Gasteiger partial charge in [0.1, 0.15) is 0 Å². The fourth-order valence-corrected chi connectivity index (χ4v) is 4.41. The summed E-state index contributed by atoms with van der Waals surface area (Å²) in [4.78, 5) is 4.40. The van der Waals surface area contributed by atoms with Crippen molar-refractivity contribution >= 4 is 32.3 Å². The van der Waals surface area contributed by atoms with Gasteiger partial charge in [0.05, 0.1) is 17.3 Å². The molecule has 2 heteroatoms. The molecule has 30 heavy (non-hydrogen) atoms. The first-order valence-corrected chi connectivity index (χ1v) is 9.95. The molecule has 0 N–H and O–H groups in total. The maximum Gasteiger partial charge on any atom is 0.0992 e. The summed E-state index contributed by atoms with van der Waals surface area (Å²) in [6, 6.07) is 34.0. The van der Waals surface area contributed by atoms with Crippen LogP contribution in [-0.2, 0) is 0 Å². The highest BCUT2D eigenvalue weighted by atomic mass is 14.7. The molecule has 0 amide bonds. The van der Waals surface area contributed by atoms with Crippen LogP contribution in [0.15, 0.2) is 97.2 Å². The minimum atomic E-state index is 0.621. The van der Waals surface area contributed by atoms with Crippen LogP contribution in [0.2, 0.25) is 0 Å². The highest BCUT2D eigenvalue weighted by Gasteiger charge is 2.10. The van der Waals surface area contributed by atoms with Gasteiger partial charge in [0.15, 0.2) is 0 Å². The van der Waals surface area contributed by atoms with Gasteiger partial charge in [0.25, 0.3) is 0 Å². The smallest absolute Gasteiger partial charge is 0.0992 e. The molecule has 0 fully saturated rings. The fraction of sp³-hybridized carbons (Fsp3) is 0. The molecule has 0 radical (unpaired) electrons. The topological polar surface area (TPSA) is 36.7 Å². The lowest BCUT2D eigenvalue weighted by molar-refractivity contribution is 1.31. The summed E-state index contributed by atoms with van der Waals surface area (Å²) in [6.07, 6.45) is 1.68. The van der Waals surface area contributed by atoms with Crippen LogP contribution in [0.5, 0.6) is 0 Å². The largest absolute Gasteiger partial charge is 0.256 e. The lowest BCUT2D eigenvalue weighted by Crippen LogP contribution is -1.87. The van der Waals surface area contributed by atoms with Gasteiger partial charge < -0.3 is 0 Å². The number of aromatic nitrogens is 1. The highest BCUT2D eigenvalue weighted by molar-refractivity contribution is 6.23. The second kappa shape index (κ2) is 6.40. The molecule has 0 atom stereocenters. The summed E-state index contributed by atoms with van der Waals surface area (Å²) < 4.78 is 0.